The average molecular weight is 213 g/mol. The van der Waals surface area contributed by atoms with Crippen LogP contribution in [0.4, 0.5) is 0 Å². The molecule has 0 bridgehead atoms. The van der Waals surface area contributed by atoms with Gasteiger partial charge in [-0.25, -0.2) is 0 Å². The average Bonchev–Trinajstić information content (AvgIpc) is 2.24. The lowest BCUT2D eigenvalue weighted by atomic mass is 9.93. The molecule has 2 atom stereocenters. The summed E-state index contributed by atoms with van der Waals surface area (Å²) in [5.74, 6) is 0.898. The van der Waals surface area contributed by atoms with Crippen molar-refractivity contribution in [2.75, 3.05) is 33.7 Å². The molecule has 0 radical (unpaired) electrons. The molecule has 88 valence electrons. The van der Waals surface area contributed by atoms with E-state index in [1.807, 2.05) is 19.0 Å². The number of carbonyl (C=O) groups excluding carboxylic acids is 1. The van der Waals surface area contributed by atoms with Crippen LogP contribution in [0.5, 0.6) is 0 Å². The lowest BCUT2D eigenvalue weighted by Gasteiger charge is -2.30. The van der Waals surface area contributed by atoms with Gasteiger partial charge in [0.1, 0.15) is 0 Å². The van der Waals surface area contributed by atoms with Crippen LogP contribution in [0.25, 0.3) is 0 Å². The molecule has 0 aliphatic carbocycles. The van der Waals surface area contributed by atoms with E-state index in [0.717, 1.165) is 26.1 Å². The smallest absolute Gasteiger partial charge is 0.239 e. The molecule has 4 heteroatoms. The summed E-state index contributed by atoms with van der Waals surface area (Å²) in [5, 5.41) is 6.35. The number of likely N-dealkylation sites (N-methyl/N-ethyl adjacent to an activating group) is 2. The van der Waals surface area contributed by atoms with Crippen LogP contribution in [0.1, 0.15) is 19.8 Å². The Balaban J connectivity index is 2.37. The van der Waals surface area contributed by atoms with E-state index in [-0.39, 0.29) is 11.9 Å². The topological polar surface area (TPSA) is 44.4 Å². The Morgan fingerprint density at radius 3 is 2.93 bits per heavy atom. The summed E-state index contributed by atoms with van der Waals surface area (Å²) in [4.78, 5) is 13.8. The molecule has 15 heavy (non-hydrogen) atoms. The monoisotopic (exact) mass is 213 g/mol. The van der Waals surface area contributed by atoms with Crippen molar-refractivity contribution in [2.24, 2.45) is 5.92 Å². The zero-order chi connectivity index (χ0) is 11.3. The minimum atomic E-state index is 0.0376. The highest BCUT2D eigenvalue weighted by Crippen LogP contribution is 2.16. The van der Waals surface area contributed by atoms with Crippen molar-refractivity contribution in [2.45, 2.75) is 25.8 Å². The van der Waals surface area contributed by atoms with Gasteiger partial charge in [0.2, 0.25) is 5.91 Å². The van der Waals surface area contributed by atoms with Crippen LogP contribution in [0.15, 0.2) is 0 Å². The van der Waals surface area contributed by atoms with Gasteiger partial charge in [0.05, 0.1) is 6.04 Å². The summed E-state index contributed by atoms with van der Waals surface area (Å²) in [6.45, 7) is 4.82. The maximum Gasteiger partial charge on any atom is 0.239 e. The van der Waals surface area contributed by atoms with E-state index in [1.165, 1.54) is 6.42 Å². The van der Waals surface area contributed by atoms with E-state index in [2.05, 4.69) is 17.6 Å². The highest BCUT2D eigenvalue weighted by Gasteiger charge is 2.26. The van der Waals surface area contributed by atoms with Crippen LogP contribution in [0.3, 0.4) is 0 Å². The van der Waals surface area contributed by atoms with Gasteiger partial charge in [-0.2, -0.15) is 0 Å². The lowest BCUT2D eigenvalue weighted by Crippen LogP contribution is -2.49. The van der Waals surface area contributed by atoms with Crippen molar-refractivity contribution in [3.8, 4) is 0 Å². The maximum atomic E-state index is 12.0. The first-order valence-electron chi connectivity index (χ1n) is 5.78. The van der Waals surface area contributed by atoms with Gasteiger partial charge in [0.25, 0.3) is 0 Å². The zero-order valence-corrected chi connectivity index (χ0v) is 10.0. The van der Waals surface area contributed by atoms with Gasteiger partial charge < -0.3 is 15.5 Å². The maximum absolute atomic E-state index is 12.0. The Morgan fingerprint density at radius 1 is 1.60 bits per heavy atom. The van der Waals surface area contributed by atoms with Crippen molar-refractivity contribution in [1.29, 1.82) is 0 Å². The van der Waals surface area contributed by atoms with E-state index in [4.69, 9.17) is 0 Å². The van der Waals surface area contributed by atoms with E-state index in [1.54, 1.807) is 0 Å². The van der Waals surface area contributed by atoms with Gasteiger partial charge in [0.15, 0.2) is 0 Å². The Morgan fingerprint density at radius 2 is 2.33 bits per heavy atom. The first kappa shape index (κ1) is 12.5. The fourth-order valence-corrected chi connectivity index (χ4v) is 1.95. The fourth-order valence-electron chi connectivity index (χ4n) is 1.95. The second kappa shape index (κ2) is 6.08. The molecular formula is C11H23N3O. The predicted molar refractivity (Wildman–Crippen MR) is 61.8 cm³/mol. The quantitative estimate of drug-likeness (QED) is 0.694. The van der Waals surface area contributed by atoms with Crippen LogP contribution in [-0.4, -0.2) is 50.6 Å². The van der Waals surface area contributed by atoms with Gasteiger partial charge in [-0.15, -0.1) is 0 Å². The molecular weight excluding hydrogens is 190 g/mol. The number of hydrogen-bond acceptors (Lipinski definition) is 3. The molecule has 0 aromatic heterocycles. The molecule has 0 aromatic rings. The minimum absolute atomic E-state index is 0.0376. The Hall–Kier alpha value is -0.610. The third-order valence-electron chi connectivity index (χ3n) is 3.04. The molecule has 2 N–H and O–H groups in total. The van der Waals surface area contributed by atoms with Crippen LogP contribution in [0.2, 0.25) is 0 Å². The highest BCUT2D eigenvalue weighted by atomic mass is 16.2. The fraction of sp³-hybridized carbons (Fsp3) is 0.909. The van der Waals surface area contributed by atoms with Crippen LogP contribution >= 0.6 is 0 Å². The molecule has 0 spiro atoms. The second-order valence-electron chi connectivity index (χ2n) is 4.50. The van der Waals surface area contributed by atoms with Crippen LogP contribution in [0, 0.1) is 5.92 Å². The van der Waals surface area contributed by atoms with Crippen LogP contribution in [-0.2, 0) is 4.79 Å². The number of hydrogen-bond donors (Lipinski definition) is 2. The third kappa shape index (κ3) is 3.80. The van der Waals surface area contributed by atoms with Crippen molar-refractivity contribution >= 4 is 5.91 Å². The van der Waals surface area contributed by atoms with E-state index < -0.39 is 0 Å². The number of carbonyl (C=O) groups is 1. The number of piperidine rings is 1. The molecule has 1 aliphatic heterocycles. The van der Waals surface area contributed by atoms with Crippen LogP contribution < -0.4 is 10.6 Å². The van der Waals surface area contributed by atoms with Crippen molar-refractivity contribution in [1.82, 2.24) is 15.5 Å². The van der Waals surface area contributed by atoms with Crippen molar-refractivity contribution in [3.63, 3.8) is 0 Å². The number of amides is 1. The van der Waals surface area contributed by atoms with Crippen molar-refractivity contribution in [3.05, 3.63) is 0 Å². The molecule has 1 aliphatic rings. The summed E-state index contributed by atoms with van der Waals surface area (Å²) in [7, 11) is 3.78. The van der Waals surface area contributed by atoms with Gasteiger partial charge >= 0.3 is 0 Å². The SMILES string of the molecule is CNCCN(C)C(=O)C1CC(C)CCN1. The molecule has 4 nitrogen and oxygen atoms in total. The number of nitrogens with zero attached hydrogens (tertiary/aromatic N) is 1. The standard InChI is InChI=1S/C11H23N3O/c1-9-4-5-13-10(8-9)11(15)14(3)7-6-12-2/h9-10,12-13H,4-8H2,1-3H3. The minimum Gasteiger partial charge on any atom is -0.343 e. The number of rotatable bonds is 4. The van der Waals surface area contributed by atoms with Gasteiger partial charge in [-0.05, 0) is 32.4 Å². The predicted octanol–water partition coefficient (Wildman–Crippen LogP) is 0.0523. The summed E-state index contributed by atoms with van der Waals surface area (Å²) in [5.41, 5.74) is 0. The summed E-state index contributed by atoms with van der Waals surface area (Å²) in [6.07, 6.45) is 2.16. The second-order valence-corrected chi connectivity index (χ2v) is 4.50. The Bertz CT molecular complexity index is 208. The first-order chi connectivity index (χ1) is 7.15. The van der Waals surface area contributed by atoms with Gasteiger partial charge in [-0.3, -0.25) is 4.79 Å². The third-order valence-corrected chi connectivity index (χ3v) is 3.04. The highest BCUT2D eigenvalue weighted by molar-refractivity contribution is 5.81. The van der Waals surface area contributed by atoms with Gasteiger partial charge in [-0.1, -0.05) is 6.92 Å². The molecule has 1 heterocycles. The number of nitrogens with one attached hydrogen (secondary N) is 2. The van der Waals surface area contributed by atoms with E-state index in [9.17, 15) is 4.79 Å². The molecule has 0 saturated carbocycles. The first-order valence-corrected chi connectivity index (χ1v) is 5.78. The summed E-state index contributed by atoms with van der Waals surface area (Å²) < 4.78 is 0. The molecule has 1 fully saturated rings. The lowest BCUT2D eigenvalue weighted by molar-refractivity contribution is -0.133. The largest absolute Gasteiger partial charge is 0.343 e. The van der Waals surface area contributed by atoms with E-state index >= 15 is 0 Å². The normalized spacial score (nSPS) is 26.3. The molecule has 0 aromatic carbocycles. The van der Waals surface area contributed by atoms with E-state index in [0.29, 0.717) is 5.92 Å². The van der Waals surface area contributed by atoms with Gasteiger partial charge in [0, 0.05) is 20.1 Å². The summed E-state index contributed by atoms with van der Waals surface area (Å²) >= 11 is 0. The zero-order valence-electron chi connectivity index (χ0n) is 10.0. The molecule has 1 saturated heterocycles. The molecule has 1 amide bonds. The molecule has 2 unspecified atom stereocenters. The Labute approximate surface area is 92.4 Å². The molecule has 1 rings (SSSR count). The van der Waals surface area contributed by atoms with Crippen molar-refractivity contribution < 1.29 is 4.79 Å². The Kier molecular flexibility index (Phi) is 5.05. The summed E-state index contributed by atoms with van der Waals surface area (Å²) in [6, 6.07) is 0.0376.